The summed E-state index contributed by atoms with van der Waals surface area (Å²) in [7, 11) is 0. The second kappa shape index (κ2) is 41.3. The fourth-order valence-corrected chi connectivity index (χ4v) is 6.41. The van der Waals surface area contributed by atoms with E-state index in [1.807, 2.05) is 0 Å². The van der Waals surface area contributed by atoms with Gasteiger partial charge in [0, 0.05) is 12.8 Å². The van der Waals surface area contributed by atoms with Crippen molar-refractivity contribution < 1.29 is 19.4 Å². The topological polar surface area (TPSA) is 63.6 Å². The van der Waals surface area contributed by atoms with Crippen LogP contribution in [0.15, 0.2) is 48.6 Å². The zero-order valence-corrected chi connectivity index (χ0v) is 33.2. The molecule has 0 bridgehead atoms. The first-order chi connectivity index (χ1) is 24.6. The quantitative estimate of drug-likeness (QED) is 0.0394. The minimum atomic E-state index is -0.702. The molecule has 0 aromatic carbocycles. The molecule has 4 nitrogen and oxygen atoms in total. The zero-order chi connectivity index (χ0) is 36.4. The number of allylic oxidation sites excluding steroid dienone is 8. The lowest BCUT2D eigenvalue weighted by molar-refractivity contribution is -0.150. The third kappa shape index (κ3) is 40.3. The molecule has 0 fully saturated rings. The summed E-state index contributed by atoms with van der Waals surface area (Å²) in [4.78, 5) is 23.5. The van der Waals surface area contributed by atoms with Crippen LogP contribution in [0.5, 0.6) is 0 Å². The minimum Gasteiger partial charge on any atom is -0.481 e. The van der Waals surface area contributed by atoms with Crippen molar-refractivity contribution in [1.29, 1.82) is 0 Å². The van der Waals surface area contributed by atoms with Crippen LogP contribution in [0.1, 0.15) is 226 Å². The molecule has 1 N–H and O–H groups in total. The van der Waals surface area contributed by atoms with Crippen molar-refractivity contribution in [3.05, 3.63) is 48.6 Å². The molecule has 0 aromatic heterocycles. The molecule has 1 unspecified atom stereocenters. The third-order valence-corrected chi connectivity index (χ3v) is 9.57. The van der Waals surface area contributed by atoms with Gasteiger partial charge in [-0.05, 0) is 77.0 Å². The fraction of sp³-hybridized carbons (Fsp3) is 0.783. The summed E-state index contributed by atoms with van der Waals surface area (Å²) in [5.41, 5.74) is 0. The summed E-state index contributed by atoms with van der Waals surface area (Å²) >= 11 is 0. The average Bonchev–Trinajstić information content (AvgIpc) is 3.10. The van der Waals surface area contributed by atoms with Crippen LogP contribution in [0.3, 0.4) is 0 Å². The first-order valence-electron chi connectivity index (χ1n) is 21.6. The molecule has 0 saturated heterocycles. The Kier molecular flexibility index (Phi) is 39.6. The van der Waals surface area contributed by atoms with Crippen molar-refractivity contribution in [3.63, 3.8) is 0 Å². The van der Waals surface area contributed by atoms with Crippen molar-refractivity contribution >= 4 is 11.9 Å². The highest BCUT2D eigenvalue weighted by atomic mass is 16.5. The third-order valence-electron chi connectivity index (χ3n) is 9.57. The number of carboxylic acids is 1. The van der Waals surface area contributed by atoms with Crippen LogP contribution in [0.4, 0.5) is 0 Å². The standard InChI is InChI=1S/C46H82O4/c1-3-5-7-9-11-13-15-17-19-20-22-24-26-28-30-35-39-43-46(49)50-44(41-37-33-31-34-38-42-45(47)48)40-36-32-29-27-25-23-21-18-16-14-12-10-8-6-4-2/h5,7,11,13,17,19,22,24,44H,3-4,6,8-10,12,14-16,18,20-21,23,25-43H2,1-2H3,(H,47,48)/b7-5-,13-11-,19-17-,24-22-. The van der Waals surface area contributed by atoms with Gasteiger partial charge >= 0.3 is 11.9 Å². The van der Waals surface area contributed by atoms with Gasteiger partial charge in [0.1, 0.15) is 6.10 Å². The van der Waals surface area contributed by atoms with Gasteiger partial charge in [-0.3, -0.25) is 9.59 Å². The van der Waals surface area contributed by atoms with Gasteiger partial charge in [-0.25, -0.2) is 0 Å². The van der Waals surface area contributed by atoms with E-state index >= 15 is 0 Å². The van der Waals surface area contributed by atoms with E-state index in [1.54, 1.807) is 0 Å². The van der Waals surface area contributed by atoms with E-state index in [2.05, 4.69) is 62.5 Å². The normalized spacial score (nSPS) is 12.7. The molecule has 0 aliphatic heterocycles. The van der Waals surface area contributed by atoms with E-state index in [9.17, 15) is 9.59 Å². The molecular formula is C46H82O4. The Hall–Kier alpha value is -2.10. The highest BCUT2D eigenvalue weighted by Gasteiger charge is 2.14. The van der Waals surface area contributed by atoms with Gasteiger partial charge in [-0.1, -0.05) is 184 Å². The van der Waals surface area contributed by atoms with Crippen LogP contribution >= 0.6 is 0 Å². The first-order valence-corrected chi connectivity index (χ1v) is 21.6. The molecule has 0 rings (SSSR count). The number of hydrogen-bond donors (Lipinski definition) is 1. The van der Waals surface area contributed by atoms with Crippen molar-refractivity contribution in [2.75, 3.05) is 0 Å². The van der Waals surface area contributed by atoms with E-state index < -0.39 is 5.97 Å². The van der Waals surface area contributed by atoms with E-state index in [1.165, 1.54) is 96.3 Å². The summed E-state index contributed by atoms with van der Waals surface area (Å²) in [6.07, 6.45) is 55.6. The molecule has 0 aromatic rings. The number of hydrogen-bond acceptors (Lipinski definition) is 3. The van der Waals surface area contributed by atoms with E-state index in [0.717, 1.165) is 103 Å². The number of carbonyl (C=O) groups is 2. The number of rotatable bonds is 39. The molecule has 0 heterocycles. The molecule has 0 spiro atoms. The van der Waals surface area contributed by atoms with Crippen molar-refractivity contribution in [3.8, 4) is 0 Å². The summed E-state index contributed by atoms with van der Waals surface area (Å²) in [5, 5.41) is 8.84. The van der Waals surface area contributed by atoms with Gasteiger partial charge in [0.15, 0.2) is 0 Å². The SMILES string of the molecule is CC/C=C\C/C=C\C/C=C\C/C=C\CCCCCCC(=O)OC(CCCCCCCCCCCCCCCCC)CCCCCCCC(=O)O. The number of carboxylic acid groups (broad SMARTS) is 1. The summed E-state index contributed by atoms with van der Waals surface area (Å²) in [5.74, 6) is -0.720. The second-order valence-electron chi connectivity index (χ2n) is 14.5. The maximum Gasteiger partial charge on any atom is 0.306 e. The fourth-order valence-electron chi connectivity index (χ4n) is 6.41. The maximum atomic E-state index is 12.7. The van der Waals surface area contributed by atoms with Crippen molar-refractivity contribution in [2.45, 2.75) is 232 Å². The van der Waals surface area contributed by atoms with Crippen LogP contribution in [0.25, 0.3) is 0 Å². The first kappa shape index (κ1) is 47.9. The molecule has 4 heteroatoms. The van der Waals surface area contributed by atoms with E-state index in [0.29, 0.717) is 6.42 Å². The molecule has 0 aliphatic carbocycles. The van der Waals surface area contributed by atoms with E-state index in [-0.39, 0.29) is 18.5 Å². The Bertz CT molecular complexity index is 839. The van der Waals surface area contributed by atoms with Gasteiger partial charge in [0.05, 0.1) is 0 Å². The van der Waals surface area contributed by atoms with Crippen LogP contribution in [-0.4, -0.2) is 23.1 Å². The zero-order valence-electron chi connectivity index (χ0n) is 33.2. The number of aliphatic carboxylic acids is 1. The maximum absolute atomic E-state index is 12.7. The molecule has 0 radical (unpaired) electrons. The lowest BCUT2D eigenvalue weighted by Gasteiger charge is -2.18. The van der Waals surface area contributed by atoms with Crippen LogP contribution in [0.2, 0.25) is 0 Å². The van der Waals surface area contributed by atoms with Crippen LogP contribution < -0.4 is 0 Å². The smallest absolute Gasteiger partial charge is 0.306 e. The monoisotopic (exact) mass is 699 g/mol. The molecule has 50 heavy (non-hydrogen) atoms. The Labute approximate surface area is 311 Å². The van der Waals surface area contributed by atoms with Crippen molar-refractivity contribution in [2.24, 2.45) is 0 Å². The molecule has 0 amide bonds. The van der Waals surface area contributed by atoms with Gasteiger partial charge in [-0.15, -0.1) is 0 Å². The highest BCUT2D eigenvalue weighted by Crippen LogP contribution is 2.19. The Morgan fingerprint density at radius 2 is 0.840 bits per heavy atom. The molecule has 0 aliphatic rings. The minimum absolute atomic E-state index is 0.0173. The van der Waals surface area contributed by atoms with Crippen molar-refractivity contribution in [1.82, 2.24) is 0 Å². The number of carbonyl (C=O) groups excluding carboxylic acids is 1. The number of unbranched alkanes of at least 4 members (excludes halogenated alkanes) is 22. The Balaban J connectivity index is 4.07. The lowest BCUT2D eigenvalue weighted by Crippen LogP contribution is -2.18. The molecule has 1 atom stereocenters. The van der Waals surface area contributed by atoms with E-state index in [4.69, 9.17) is 9.84 Å². The van der Waals surface area contributed by atoms with Gasteiger partial charge in [-0.2, -0.15) is 0 Å². The summed E-state index contributed by atoms with van der Waals surface area (Å²) in [6, 6.07) is 0. The van der Waals surface area contributed by atoms with Crippen LogP contribution in [-0.2, 0) is 14.3 Å². The molecular weight excluding hydrogens is 617 g/mol. The van der Waals surface area contributed by atoms with Gasteiger partial charge in [0.25, 0.3) is 0 Å². The highest BCUT2D eigenvalue weighted by molar-refractivity contribution is 5.69. The number of esters is 1. The van der Waals surface area contributed by atoms with Gasteiger partial charge in [0.2, 0.25) is 0 Å². The second-order valence-corrected chi connectivity index (χ2v) is 14.5. The largest absolute Gasteiger partial charge is 0.481 e. The average molecular weight is 699 g/mol. The Morgan fingerprint density at radius 3 is 1.30 bits per heavy atom. The van der Waals surface area contributed by atoms with Crippen LogP contribution in [0, 0.1) is 0 Å². The predicted molar refractivity (Wildman–Crippen MR) is 218 cm³/mol. The predicted octanol–water partition coefficient (Wildman–Crippen LogP) is 15.1. The van der Waals surface area contributed by atoms with Gasteiger partial charge < -0.3 is 9.84 Å². The summed E-state index contributed by atoms with van der Waals surface area (Å²) < 4.78 is 6.02. The number of ether oxygens (including phenoxy) is 1. The Morgan fingerprint density at radius 1 is 0.460 bits per heavy atom. The lowest BCUT2D eigenvalue weighted by atomic mass is 10.0. The molecule has 0 saturated carbocycles. The molecule has 290 valence electrons. The summed E-state index contributed by atoms with van der Waals surface area (Å²) in [6.45, 7) is 4.45.